The number of nitrogens with zero attached hydrogens (tertiary/aromatic N) is 1. The van der Waals surface area contributed by atoms with Crippen molar-refractivity contribution in [2.45, 2.75) is 63.2 Å². The normalized spacial score (nSPS) is 22.0. The van der Waals surface area contributed by atoms with Crippen molar-refractivity contribution in [3.8, 4) is 0 Å². The lowest BCUT2D eigenvalue weighted by Gasteiger charge is -2.38. The first kappa shape index (κ1) is 22.8. The Hall–Kier alpha value is -2.67. The molecular formula is C28H32N2O4S. The van der Waals surface area contributed by atoms with Crippen LogP contribution in [0.1, 0.15) is 84.1 Å². The van der Waals surface area contributed by atoms with Gasteiger partial charge in [-0.2, -0.15) is 0 Å². The van der Waals surface area contributed by atoms with E-state index in [9.17, 15) is 18.0 Å². The number of hydrogen-bond acceptors (Lipinski definition) is 4. The van der Waals surface area contributed by atoms with Crippen LogP contribution in [-0.4, -0.2) is 32.9 Å². The van der Waals surface area contributed by atoms with Crippen molar-refractivity contribution in [2.75, 3.05) is 22.4 Å². The van der Waals surface area contributed by atoms with Gasteiger partial charge in [0.1, 0.15) is 0 Å². The van der Waals surface area contributed by atoms with Crippen molar-refractivity contribution in [2.24, 2.45) is 11.3 Å². The minimum Gasteiger partial charge on any atom is -0.307 e. The molecule has 1 amide bonds. The summed E-state index contributed by atoms with van der Waals surface area (Å²) in [6.45, 7) is 0.598. The summed E-state index contributed by atoms with van der Waals surface area (Å²) in [5, 5.41) is 0. The summed E-state index contributed by atoms with van der Waals surface area (Å²) in [5.74, 6) is 0.137. The van der Waals surface area contributed by atoms with Crippen LogP contribution in [-0.2, 0) is 15.4 Å². The van der Waals surface area contributed by atoms with E-state index >= 15 is 0 Å². The number of amides is 1. The molecule has 0 atom stereocenters. The second-order valence-corrected chi connectivity index (χ2v) is 13.1. The van der Waals surface area contributed by atoms with Crippen molar-refractivity contribution < 1.29 is 18.0 Å². The average molecular weight is 493 g/mol. The second-order valence-electron chi connectivity index (χ2n) is 11.4. The summed E-state index contributed by atoms with van der Waals surface area (Å²) in [6, 6.07) is 12.7. The van der Waals surface area contributed by atoms with Gasteiger partial charge in [0.25, 0.3) is 5.91 Å². The lowest BCUT2D eigenvalue weighted by atomic mass is 9.66. The molecule has 0 aromatic heterocycles. The predicted molar refractivity (Wildman–Crippen MR) is 137 cm³/mol. The number of sulfonamides is 1. The van der Waals surface area contributed by atoms with E-state index in [0.717, 1.165) is 62.5 Å². The quantitative estimate of drug-likeness (QED) is 0.575. The molecule has 3 aliphatic carbocycles. The number of fused-ring (bicyclic) bond motifs is 2. The lowest BCUT2D eigenvalue weighted by Crippen LogP contribution is -2.40. The van der Waals surface area contributed by atoms with Gasteiger partial charge in [-0.05, 0) is 92.7 Å². The number of carbonyl (C=O) groups excluding carboxylic acids is 2. The number of hydrogen-bond donors (Lipinski definition) is 1. The van der Waals surface area contributed by atoms with Crippen LogP contribution in [0.2, 0.25) is 0 Å². The first-order valence-electron chi connectivity index (χ1n) is 12.8. The molecule has 4 aliphatic rings. The Labute approximate surface area is 207 Å². The molecular weight excluding hydrogens is 460 g/mol. The molecule has 2 aromatic rings. The molecule has 0 unspecified atom stereocenters. The largest absolute Gasteiger partial charge is 0.307 e. The Morgan fingerprint density at radius 1 is 0.943 bits per heavy atom. The molecule has 3 saturated carbocycles. The smallest absolute Gasteiger partial charge is 0.258 e. The number of nitrogens with one attached hydrogen (secondary N) is 1. The van der Waals surface area contributed by atoms with E-state index in [0.29, 0.717) is 28.8 Å². The molecule has 7 heteroatoms. The maximum atomic E-state index is 13.8. The summed E-state index contributed by atoms with van der Waals surface area (Å²) in [5.41, 5.74) is 3.96. The minimum absolute atomic E-state index is 0.0916. The van der Waals surface area contributed by atoms with Gasteiger partial charge < -0.3 is 4.90 Å². The van der Waals surface area contributed by atoms with Crippen LogP contribution in [0.3, 0.4) is 0 Å². The maximum Gasteiger partial charge on any atom is 0.258 e. The van der Waals surface area contributed by atoms with Crippen LogP contribution in [0, 0.1) is 11.3 Å². The molecule has 35 heavy (non-hydrogen) atoms. The highest BCUT2D eigenvalue weighted by Gasteiger charge is 2.53. The van der Waals surface area contributed by atoms with Gasteiger partial charge in [-0.3, -0.25) is 14.3 Å². The van der Waals surface area contributed by atoms with Crippen LogP contribution in [0.25, 0.3) is 0 Å². The SMILES string of the molecule is CS(=O)(=O)Nc1ccc2c(c1)C1(CCC3(CC3)CC1)CN2C(=O)c1cccc(C(=O)C2CCC2)c1. The van der Waals surface area contributed by atoms with Crippen molar-refractivity contribution in [1.29, 1.82) is 0 Å². The highest BCUT2D eigenvalue weighted by Crippen LogP contribution is 2.62. The molecule has 1 N–H and O–H groups in total. The fourth-order valence-electron chi connectivity index (χ4n) is 6.36. The van der Waals surface area contributed by atoms with E-state index in [1.165, 1.54) is 12.8 Å². The molecule has 0 bridgehead atoms. The number of benzene rings is 2. The molecule has 6 rings (SSSR count). The number of Topliss-reactive ketones (excluding diaryl/α,β-unsaturated/α-hetero) is 1. The van der Waals surface area contributed by atoms with Crippen LogP contribution >= 0.6 is 0 Å². The van der Waals surface area contributed by atoms with Crippen LogP contribution < -0.4 is 9.62 Å². The summed E-state index contributed by atoms with van der Waals surface area (Å²) in [4.78, 5) is 28.5. The Morgan fingerprint density at radius 2 is 1.63 bits per heavy atom. The Morgan fingerprint density at radius 3 is 2.26 bits per heavy atom. The average Bonchev–Trinajstić information content (AvgIpc) is 3.49. The molecule has 1 heterocycles. The highest BCUT2D eigenvalue weighted by molar-refractivity contribution is 7.92. The van der Waals surface area contributed by atoms with Gasteiger partial charge in [-0.1, -0.05) is 18.6 Å². The Bertz CT molecular complexity index is 1310. The maximum absolute atomic E-state index is 13.8. The lowest BCUT2D eigenvalue weighted by molar-refractivity contribution is 0.0855. The molecule has 3 fully saturated rings. The van der Waals surface area contributed by atoms with Gasteiger partial charge in [0.2, 0.25) is 10.0 Å². The van der Waals surface area contributed by atoms with Crippen LogP contribution in [0.15, 0.2) is 42.5 Å². The zero-order valence-electron chi connectivity index (χ0n) is 20.2. The number of anilines is 2. The van der Waals surface area contributed by atoms with Gasteiger partial charge in [-0.15, -0.1) is 0 Å². The van der Waals surface area contributed by atoms with Crippen molar-refractivity contribution >= 4 is 33.1 Å². The molecule has 184 valence electrons. The molecule has 2 spiro atoms. The van der Waals surface area contributed by atoms with E-state index < -0.39 is 10.0 Å². The van der Waals surface area contributed by atoms with Crippen LogP contribution in [0.5, 0.6) is 0 Å². The molecule has 6 nitrogen and oxygen atoms in total. The Balaban J connectivity index is 1.34. The van der Waals surface area contributed by atoms with Gasteiger partial charge in [-0.25, -0.2) is 8.42 Å². The van der Waals surface area contributed by atoms with Gasteiger partial charge in [0, 0.05) is 40.4 Å². The zero-order chi connectivity index (χ0) is 24.4. The summed E-state index contributed by atoms with van der Waals surface area (Å²) in [7, 11) is -3.40. The summed E-state index contributed by atoms with van der Waals surface area (Å²) >= 11 is 0. The second kappa shape index (κ2) is 7.92. The monoisotopic (exact) mass is 492 g/mol. The van der Waals surface area contributed by atoms with Crippen LogP contribution in [0.4, 0.5) is 11.4 Å². The zero-order valence-corrected chi connectivity index (χ0v) is 21.0. The standard InChI is InChI=1S/C28H32N2O4S/c1-35(33,34)29-22-8-9-24-23(17-22)28(14-12-27(10-11-27)13-15-28)18-30(24)26(32)21-7-3-6-20(16-21)25(31)19-4-2-5-19/h3,6-9,16-17,19,29H,2,4-5,10-15,18H2,1H3. The minimum atomic E-state index is -3.40. The van der Waals surface area contributed by atoms with E-state index in [-0.39, 0.29) is 23.0 Å². The molecule has 1 aliphatic heterocycles. The molecule has 0 radical (unpaired) electrons. The van der Waals surface area contributed by atoms with Gasteiger partial charge >= 0.3 is 0 Å². The van der Waals surface area contributed by atoms with E-state index in [1.807, 2.05) is 29.2 Å². The summed E-state index contributed by atoms with van der Waals surface area (Å²) < 4.78 is 26.4. The molecule has 2 aromatic carbocycles. The first-order chi connectivity index (χ1) is 16.7. The molecule has 0 saturated heterocycles. The fourth-order valence-corrected chi connectivity index (χ4v) is 6.91. The Kier molecular flexibility index (Phi) is 5.15. The van der Waals surface area contributed by atoms with Crippen molar-refractivity contribution in [1.82, 2.24) is 0 Å². The van der Waals surface area contributed by atoms with E-state index in [1.54, 1.807) is 18.2 Å². The van der Waals surface area contributed by atoms with E-state index in [2.05, 4.69) is 4.72 Å². The fraction of sp³-hybridized carbons (Fsp3) is 0.500. The number of rotatable bonds is 5. The third-order valence-electron chi connectivity index (χ3n) is 8.96. The third kappa shape index (κ3) is 4.07. The third-order valence-corrected chi connectivity index (χ3v) is 9.57. The summed E-state index contributed by atoms with van der Waals surface area (Å²) in [6.07, 6.45) is 11.0. The van der Waals surface area contributed by atoms with Gasteiger partial charge in [0.05, 0.1) is 6.26 Å². The van der Waals surface area contributed by atoms with Crippen molar-refractivity contribution in [3.05, 3.63) is 59.2 Å². The first-order valence-corrected chi connectivity index (χ1v) is 14.6. The topological polar surface area (TPSA) is 83.6 Å². The van der Waals surface area contributed by atoms with Gasteiger partial charge in [0.15, 0.2) is 5.78 Å². The van der Waals surface area contributed by atoms with E-state index in [4.69, 9.17) is 0 Å². The van der Waals surface area contributed by atoms with Crippen molar-refractivity contribution in [3.63, 3.8) is 0 Å². The highest BCUT2D eigenvalue weighted by atomic mass is 32.2. The number of carbonyl (C=O) groups is 2. The number of ketones is 1. The predicted octanol–water partition coefficient (Wildman–Crippen LogP) is 5.29.